The molecule has 0 aromatic rings. The molecule has 3 heteroatoms. The fraction of sp³-hybridized carbons (Fsp3) is 1.00. The number of halogens is 1. The second kappa shape index (κ2) is 19.8. The molecule has 2 N–H and O–H groups in total. The standard InChI is InChI=1S/C24H52ClNSi/c1-4-5-6-7-8-9-10-11-12-13-14-15-16-17-18-19-21-24(22-20-23-26)27(2,3)25/h24H,4-23,26H2,1-3H3. The molecule has 0 saturated heterocycles. The van der Waals surface area contributed by atoms with Crippen LogP contribution >= 0.6 is 11.1 Å². The topological polar surface area (TPSA) is 26.0 Å². The van der Waals surface area contributed by atoms with Gasteiger partial charge in [-0.1, -0.05) is 136 Å². The number of rotatable bonds is 21. The molecule has 1 unspecified atom stereocenters. The molecule has 164 valence electrons. The van der Waals surface area contributed by atoms with Gasteiger partial charge in [-0.25, -0.2) is 0 Å². The molecule has 0 aliphatic carbocycles. The minimum atomic E-state index is -1.52. The molecular weight excluding hydrogens is 366 g/mol. The van der Waals surface area contributed by atoms with E-state index in [4.69, 9.17) is 16.8 Å². The summed E-state index contributed by atoms with van der Waals surface area (Å²) in [6.45, 7) is 7.73. The lowest BCUT2D eigenvalue weighted by atomic mass is 10.0. The SMILES string of the molecule is CCCCCCCCCCCCCCCCCCC(CCCN)[Si](C)(C)Cl. The first-order valence-corrected chi connectivity index (χ1v) is 16.5. The first-order valence-electron chi connectivity index (χ1n) is 12.4. The van der Waals surface area contributed by atoms with Crippen LogP contribution in [-0.2, 0) is 0 Å². The van der Waals surface area contributed by atoms with E-state index in [0.717, 1.165) is 18.5 Å². The quantitative estimate of drug-likeness (QED) is 0.112. The van der Waals surface area contributed by atoms with Crippen LogP contribution in [0, 0.1) is 0 Å². The number of nitrogens with two attached hydrogens (primary N) is 1. The van der Waals surface area contributed by atoms with Crippen molar-refractivity contribution in [2.24, 2.45) is 5.73 Å². The maximum absolute atomic E-state index is 6.70. The zero-order valence-corrected chi connectivity index (χ0v) is 20.9. The van der Waals surface area contributed by atoms with E-state index in [2.05, 4.69) is 20.0 Å². The Kier molecular flexibility index (Phi) is 20.1. The van der Waals surface area contributed by atoms with Crippen molar-refractivity contribution in [3.8, 4) is 0 Å². The van der Waals surface area contributed by atoms with E-state index in [9.17, 15) is 0 Å². The van der Waals surface area contributed by atoms with Crippen molar-refractivity contribution in [2.45, 2.75) is 148 Å². The van der Waals surface area contributed by atoms with Crippen molar-refractivity contribution < 1.29 is 0 Å². The molecule has 0 spiro atoms. The molecule has 1 nitrogen and oxygen atoms in total. The monoisotopic (exact) mass is 417 g/mol. The molecule has 0 aliphatic rings. The van der Waals surface area contributed by atoms with Crippen LogP contribution in [-0.4, -0.2) is 13.9 Å². The molecule has 0 rings (SSSR count). The fourth-order valence-corrected chi connectivity index (χ4v) is 6.57. The summed E-state index contributed by atoms with van der Waals surface area (Å²) in [4.78, 5) is 0. The van der Waals surface area contributed by atoms with E-state index in [0.29, 0.717) is 0 Å². The summed E-state index contributed by atoms with van der Waals surface area (Å²) in [5.74, 6) is 0. The third kappa shape index (κ3) is 19.6. The van der Waals surface area contributed by atoms with Crippen molar-refractivity contribution >= 4 is 18.5 Å². The summed E-state index contributed by atoms with van der Waals surface area (Å²) in [5, 5.41) is 0. The van der Waals surface area contributed by atoms with E-state index >= 15 is 0 Å². The van der Waals surface area contributed by atoms with Gasteiger partial charge >= 0.3 is 0 Å². The zero-order valence-electron chi connectivity index (χ0n) is 19.2. The van der Waals surface area contributed by atoms with Gasteiger partial charge in [-0.2, -0.15) is 11.1 Å². The Hall–Kier alpha value is 0.467. The lowest BCUT2D eigenvalue weighted by Crippen LogP contribution is -2.26. The molecule has 0 aromatic heterocycles. The van der Waals surface area contributed by atoms with E-state index in [1.807, 2.05) is 0 Å². The molecule has 0 aromatic carbocycles. The molecular formula is C24H52ClNSi. The summed E-state index contributed by atoms with van der Waals surface area (Å²) in [5.41, 5.74) is 6.44. The third-order valence-electron chi connectivity index (χ3n) is 6.13. The average molecular weight is 418 g/mol. The molecule has 0 fully saturated rings. The summed E-state index contributed by atoms with van der Waals surface area (Å²) in [7, 11) is -1.52. The number of hydrogen-bond donors (Lipinski definition) is 1. The van der Waals surface area contributed by atoms with Crippen molar-refractivity contribution in [1.82, 2.24) is 0 Å². The van der Waals surface area contributed by atoms with Gasteiger partial charge in [-0.3, -0.25) is 0 Å². The fourth-order valence-electron chi connectivity index (χ4n) is 4.13. The Balaban J connectivity index is 3.32. The molecule has 27 heavy (non-hydrogen) atoms. The smallest absolute Gasteiger partial charge is 0.153 e. The van der Waals surface area contributed by atoms with Gasteiger partial charge in [0.15, 0.2) is 7.38 Å². The Morgan fingerprint density at radius 3 is 1.26 bits per heavy atom. The summed E-state index contributed by atoms with van der Waals surface area (Å²) in [6.07, 6.45) is 26.8. The second-order valence-corrected chi connectivity index (χ2v) is 16.2. The molecule has 0 saturated carbocycles. The highest BCUT2D eigenvalue weighted by atomic mass is 35.6. The van der Waals surface area contributed by atoms with E-state index in [1.54, 1.807) is 0 Å². The Morgan fingerprint density at radius 2 is 0.926 bits per heavy atom. The van der Waals surface area contributed by atoms with Crippen LogP contribution in [0.1, 0.15) is 129 Å². The van der Waals surface area contributed by atoms with Crippen LogP contribution in [0.4, 0.5) is 0 Å². The molecule has 1 atom stereocenters. The van der Waals surface area contributed by atoms with Crippen molar-refractivity contribution in [3.63, 3.8) is 0 Å². The Bertz CT molecular complexity index is 291. The lowest BCUT2D eigenvalue weighted by Gasteiger charge is -2.26. The molecule has 0 bridgehead atoms. The number of unbranched alkanes of at least 4 members (excludes halogenated alkanes) is 15. The van der Waals surface area contributed by atoms with E-state index in [-0.39, 0.29) is 0 Å². The van der Waals surface area contributed by atoms with Crippen LogP contribution in [0.5, 0.6) is 0 Å². The predicted octanol–water partition coefficient (Wildman–Crippen LogP) is 9.19. The first kappa shape index (κ1) is 27.5. The highest BCUT2D eigenvalue weighted by Crippen LogP contribution is 2.34. The summed E-state index contributed by atoms with van der Waals surface area (Å²) in [6, 6.07) is 0. The van der Waals surface area contributed by atoms with Crippen LogP contribution in [0.25, 0.3) is 0 Å². The second-order valence-electron chi connectivity index (χ2n) is 9.28. The van der Waals surface area contributed by atoms with Gasteiger partial charge in [0.1, 0.15) is 0 Å². The van der Waals surface area contributed by atoms with Gasteiger partial charge in [0.2, 0.25) is 0 Å². The molecule has 0 radical (unpaired) electrons. The van der Waals surface area contributed by atoms with Crippen molar-refractivity contribution in [3.05, 3.63) is 0 Å². The van der Waals surface area contributed by atoms with E-state index in [1.165, 1.54) is 116 Å². The normalized spacial score (nSPS) is 13.2. The van der Waals surface area contributed by atoms with Gasteiger partial charge in [0, 0.05) is 0 Å². The summed E-state index contributed by atoms with van der Waals surface area (Å²) < 4.78 is 0. The van der Waals surface area contributed by atoms with Crippen molar-refractivity contribution in [2.75, 3.05) is 6.54 Å². The largest absolute Gasteiger partial charge is 0.330 e. The minimum absolute atomic E-state index is 0.759. The molecule has 0 amide bonds. The number of hydrogen-bond acceptors (Lipinski definition) is 1. The third-order valence-corrected chi connectivity index (χ3v) is 9.58. The lowest BCUT2D eigenvalue weighted by molar-refractivity contribution is 0.520. The van der Waals surface area contributed by atoms with Crippen LogP contribution in [0.3, 0.4) is 0 Å². The highest BCUT2D eigenvalue weighted by molar-refractivity contribution is 7.19. The Morgan fingerprint density at radius 1 is 0.593 bits per heavy atom. The van der Waals surface area contributed by atoms with Gasteiger partial charge in [-0.05, 0) is 18.5 Å². The summed E-state index contributed by atoms with van der Waals surface area (Å²) >= 11 is 6.70. The maximum atomic E-state index is 6.70. The maximum Gasteiger partial charge on any atom is 0.153 e. The van der Waals surface area contributed by atoms with Gasteiger partial charge in [0.05, 0.1) is 0 Å². The zero-order chi connectivity index (χ0) is 20.2. The average Bonchev–Trinajstić information content (AvgIpc) is 2.62. The van der Waals surface area contributed by atoms with E-state index < -0.39 is 7.38 Å². The van der Waals surface area contributed by atoms with Gasteiger partial charge in [0.25, 0.3) is 0 Å². The Labute approximate surface area is 178 Å². The molecule has 0 heterocycles. The van der Waals surface area contributed by atoms with Gasteiger partial charge < -0.3 is 5.73 Å². The van der Waals surface area contributed by atoms with Crippen LogP contribution in [0.15, 0.2) is 0 Å². The van der Waals surface area contributed by atoms with Crippen LogP contribution < -0.4 is 5.73 Å². The predicted molar refractivity (Wildman–Crippen MR) is 130 cm³/mol. The molecule has 0 aliphatic heterocycles. The highest BCUT2D eigenvalue weighted by Gasteiger charge is 2.28. The van der Waals surface area contributed by atoms with Crippen LogP contribution in [0.2, 0.25) is 18.6 Å². The van der Waals surface area contributed by atoms with Gasteiger partial charge in [-0.15, -0.1) is 0 Å². The first-order chi connectivity index (χ1) is 13.0. The minimum Gasteiger partial charge on any atom is -0.330 e. The van der Waals surface area contributed by atoms with Crippen molar-refractivity contribution in [1.29, 1.82) is 0 Å².